The van der Waals surface area contributed by atoms with Crippen LogP contribution in [-0.4, -0.2) is 44.2 Å². The molecule has 6 nitrogen and oxygen atoms in total. The number of aryl methyl sites for hydroxylation is 1. The fourth-order valence-electron chi connectivity index (χ4n) is 4.57. The summed E-state index contributed by atoms with van der Waals surface area (Å²) in [5.41, 5.74) is 5.97. The van der Waals surface area contributed by atoms with E-state index in [1.807, 2.05) is 29.6 Å². The molecule has 1 aromatic heterocycles. The SMILES string of the molecule is CCC(CCOC)Nc1ccc(C=O)cc1.CNc1scc(C2CCc3ccccc3C2)c1C(=O)O. The Kier molecular flexibility index (Phi) is 10.5. The van der Waals surface area contributed by atoms with Gasteiger partial charge in [0.05, 0.1) is 5.56 Å². The molecule has 0 saturated heterocycles. The molecule has 3 aromatic rings. The molecule has 3 N–H and O–H groups in total. The van der Waals surface area contributed by atoms with Gasteiger partial charge in [-0.15, -0.1) is 11.3 Å². The van der Waals surface area contributed by atoms with Crippen molar-refractivity contribution in [3.8, 4) is 0 Å². The Hall–Kier alpha value is -3.16. The van der Waals surface area contributed by atoms with Crippen molar-refractivity contribution in [3.05, 3.63) is 81.7 Å². The Balaban J connectivity index is 0.000000207. The number of rotatable bonds is 10. The van der Waals surface area contributed by atoms with Gasteiger partial charge in [-0.05, 0) is 84.4 Å². The molecular formula is C29H36N2O4S. The average molecular weight is 509 g/mol. The zero-order valence-corrected chi connectivity index (χ0v) is 22.1. The summed E-state index contributed by atoms with van der Waals surface area (Å²) in [5, 5.41) is 18.6. The number of methoxy groups -OCH3 is 1. The van der Waals surface area contributed by atoms with E-state index in [4.69, 9.17) is 4.74 Å². The van der Waals surface area contributed by atoms with E-state index in [-0.39, 0.29) is 0 Å². The standard InChI is InChI=1S/C16H17NO2S.C13H19NO2/c1-17-15-14(16(18)19)13(9-20-15)12-7-6-10-4-2-3-5-11(10)8-12;1-3-12(8-9-16-2)14-13-6-4-11(10-15)5-7-13/h2-5,9,12,17H,6-8H2,1H3,(H,18,19);4-7,10,12,14H,3,8-9H2,1-2H3. The summed E-state index contributed by atoms with van der Waals surface area (Å²) < 4.78 is 5.06. The molecule has 192 valence electrons. The lowest BCUT2D eigenvalue weighted by Crippen LogP contribution is -2.20. The van der Waals surface area contributed by atoms with Gasteiger partial charge in [0.1, 0.15) is 11.3 Å². The number of fused-ring (bicyclic) bond motifs is 1. The van der Waals surface area contributed by atoms with Crippen LogP contribution < -0.4 is 10.6 Å². The Bertz CT molecular complexity index is 1130. The van der Waals surface area contributed by atoms with E-state index >= 15 is 0 Å². The second-order valence-electron chi connectivity index (χ2n) is 8.93. The molecule has 0 fully saturated rings. The quantitative estimate of drug-likeness (QED) is 0.272. The topological polar surface area (TPSA) is 87.7 Å². The number of thiophene rings is 1. The lowest BCUT2D eigenvalue weighted by molar-refractivity contribution is 0.0696. The lowest BCUT2D eigenvalue weighted by Gasteiger charge is -2.24. The van der Waals surface area contributed by atoms with E-state index in [0.29, 0.717) is 23.1 Å². The minimum absolute atomic E-state index is 0.314. The molecular weight excluding hydrogens is 472 g/mol. The number of anilines is 2. The maximum absolute atomic E-state index is 11.5. The number of ether oxygens (including phenoxy) is 1. The fraction of sp³-hybridized carbons (Fsp3) is 0.379. The van der Waals surface area contributed by atoms with Crippen molar-refractivity contribution >= 4 is 34.3 Å². The molecule has 2 aromatic carbocycles. The third kappa shape index (κ3) is 7.18. The van der Waals surface area contributed by atoms with Crippen molar-refractivity contribution in [2.45, 2.75) is 51.0 Å². The summed E-state index contributed by atoms with van der Waals surface area (Å²) in [5.74, 6) is -0.515. The van der Waals surface area contributed by atoms with Crippen molar-refractivity contribution < 1.29 is 19.4 Å². The van der Waals surface area contributed by atoms with Gasteiger partial charge in [-0.3, -0.25) is 4.79 Å². The number of benzene rings is 2. The highest BCUT2D eigenvalue weighted by Crippen LogP contribution is 2.39. The summed E-state index contributed by atoms with van der Waals surface area (Å²) >= 11 is 1.49. The summed E-state index contributed by atoms with van der Waals surface area (Å²) in [7, 11) is 3.49. The maximum Gasteiger partial charge on any atom is 0.338 e. The van der Waals surface area contributed by atoms with Gasteiger partial charge >= 0.3 is 5.97 Å². The molecule has 0 bridgehead atoms. The van der Waals surface area contributed by atoms with E-state index in [1.54, 1.807) is 14.2 Å². The number of nitrogens with one attached hydrogen (secondary N) is 2. The van der Waals surface area contributed by atoms with Crippen LogP contribution in [-0.2, 0) is 17.6 Å². The third-order valence-corrected chi connectivity index (χ3v) is 7.64. The van der Waals surface area contributed by atoms with E-state index in [1.165, 1.54) is 22.5 Å². The van der Waals surface area contributed by atoms with Gasteiger partial charge in [-0.25, -0.2) is 4.79 Å². The molecule has 0 radical (unpaired) electrons. The first-order valence-electron chi connectivity index (χ1n) is 12.4. The van der Waals surface area contributed by atoms with E-state index < -0.39 is 5.97 Å². The Morgan fingerprint density at radius 1 is 1.19 bits per heavy atom. The van der Waals surface area contributed by atoms with Crippen LogP contribution in [0.15, 0.2) is 53.9 Å². The average Bonchev–Trinajstić information content (AvgIpc) is 3.36. The van der Waals surface area contributed by atoms with Crippen LogP contribution >= 0.6 is 11.3 Å². The van der Waals surface area contributed by atoms with E-state index in [2.05, 4.69) is 41.8 Å². The van der Waals surface area contributed by atoms with Gasteiger partial charge in [0.25, 0.3) is 0 Å². The van der Waals surface area contributed by atoms with Gasteiger partial charge in [-0.2, -0.15) is 0 Å². The number of aldehydes is 1. The molecule has 1 heterocycles. The Morgan fingerprint density at radius 3 is 2.53 bits per heavy atom. The second-order valence-corrected chi connectivity index (χ2v) is 9.81. The Labute approximate surface area is 217 Å². The molecule has 36 heavy (non-hydrogen) atoms. The number of carboxylic acids is 1. The van der Waals surface area contributed by atoms with Crippen LogP contribution in [0.25, 0.3) is 0 Å². The van der Waals surface area contributed by atoms with Crippen LogP contribution in [0.3, 0.4) is 0 Å². The number of hydrogen-bond acceptors (Lipinski definition) is 6. The highest BCUT2D eigenvalue weighted by molar-refractivity contribution is 7.14. The van der Waals surface area contributed by atoms with Crippen LogP contribution in [0.5, 0.6) is 0 Å². The maximum atomic E-state index is 11.5. The van der Waals surface area contributed by atoms with Crippen LogP contribution in [0.4, 0.5) is 10.7 Å². The number of hydrogen-bond donors (Lipinski definition) is 3. The summed E-state index contributed by atoms with van der Waals surface area (Å²) in [4.78, 5) is 22.0. The second kappa shape index (κ2) is 13.8. The van der Waals surface area contributed by atoms with Gasteiger partial charge in [0, 0.05) is 38.1 Å². The fourth-order valence-corrected chi connectivity index (χ4v) is 5.57. The van der Waals surface area contributed by atoms with Crippen LogP contribution in [0.1, 0.15) is 69.5 Å². The molecule has 4 rings (SSSR count). The normalized spacial score (nSPS) is 15.1. The van der Waals surface area contributed by atoms with Crippen molar-refractivity contribution in [2.24, 2.45) is 0 Å². The molecule has 2 unspecified atom stereocenters. The highest BCUT2D eigenvalue weighted by Gasteiger charge is 2.27. The molecule has 0 amide bonds. The van der Waals surface area contributed by atoms with Gasteiger partial charge in [0.2, 0.25) is 0 Å². The monoisotopic (exact) mass is 508 g/mol. The van der Waals surface area contributed by atoms with Gasteiger partial charge in [0.15, 0.2) is 0 Å². The van der Waals surface area contributed by atoms with Gasteiger partial charge < -0.3 is 20.5 Å². The van der Waals surface area contributed by atoms with E-state index in [0.717, 1.165) is 61.2 Å². The minimum Gasteiger partial charge on any atom is -0.478 e. The first-order chi connectivity index (χ1) is 17.5. The first kappa shape index (κ1) is 27.4. The number of carboxylic acid groups (broad SMARTS) is 1. The predicted molar refractivity (Wildman–Crippen MR) is 148 cm³/mol. The summed E-state index contributed by atoms with van der Waals surface area (Å²) in [6.07, 6.45) is 5.89. The zero-order chi connectivity index (χ0) is 25.9. The van der Waals surface area contributed by atoms with E-state index in [9.17, 15) is 14.7 Å². The van der Waals surface area contributed by atoms with Gasteiger partial charge in [-0.1, -0.05) is 31.2 Å². The predicted octanol–water partition coefficient (Wildman–Crippen LogP) is 6.49. The molecule has 0 aliphatic heterocycles. The molecule has 7 heteroatoms. The number of carbonyl (C=O) groups is 2. The number of carbonyl (C=O) groups excluding carboxylic acids is 1. The van der Waals surface area contributed by atoms with Crippen LogP contribution in [0.2, 0.25) is 0 Å². The van der Waals surface area contributed by atoms with Crippen molar-refractivity contribution in [1.29, 1.82) is 0 Å². The highest BCUT2D eigenvalue weighted by atomic mass is 32.1. The van der Waals surface area contributed by atoms with Crippen molar-refractivity contribution in [2.75, 3.05) is 31.4 Å². The van der Waals surface area contributed by atoms with Crippen molar-refractivity contribution in [1.82, 2.24) is 0 Å². The third-order valence-electron chi connectivity index (χ3n) is 6.63. The summed E-state index contributed by atoms with van der Waals surface area (Å²) in [6.45, 7) is 2.91. The smallest absolute Gasteiger partial charge is 0.338 e. The molecule has 2 atom stereocenters. The molecule has 1 aliphatic rings. The lowest BCUT2D eigenvalue weighted by atomic mass is 9.80. The summed E-state index contributed by atoms with van der Waals surface area (Å²) in [6, 6.07) is 16.4. The zero-order valence-electron chi connectivity index (χ0n) is 21.3. The largest absolute Gasteiger partial charge is 0.478 e. The number of aromatic carboxylic acids is 1. The van der Waals surface area contributed by atoms with Crippen molar-refractivity contribution in [3.63, 3.8) is 0 Å². The minimum atomic E-state index is -0.829. The van der Waals surface area contributed by atoms with Crippen LogP contribution in [0, 0.1) is 0 Å². The molecule has 1 aliphatic carbocycles. The molecule has 0 saturated carbocycles. The molecule has 0 spiro atoms. The Morgan fingerprint density at radius 2 is 1.92 bits per heavy atom. The first-order valence-corrected chi connectivity index (χ1v) is 13.3.